The van der Waals surface area contributed by atoms with Crippen LogP contribution in [0.1, 0.15) is 29.3 Å². The maximum atomic E-state index is 13.0. The van der Waals surface area contributed by atoms with Gasteiger partial charge in [0.15, 0.2) is 0 Å². The zero-order chi connectivity index (χ0) is 20.1. The number of nitrogens with one attached hydrogen (secondary N) is 1. The van der Waals surface area contributed by atoms with Crippen molar-refractivity contribution in [1.82, 2.24) is 15.2 Å². The molecule has 1 saturated heterocycles. The number of likely N-dealkylation sites (tertiary alicyclic amines) is 1. The van der Waals surface area contributed by atoms with Gasteiger partial charge in [-0.3, -0.25) is 14.6 Å². The number of pyridine rings is 1. The van der Waals surface area contributed by atoms with Crippen molar-refractivity contribution in [3.8, 4) is 0 Å². The lowest BCUT2D eigenvalue weighted by Gasteiger charge is -2.22. The number of hydrogen-bond donors (Lipinski definition) is 1. The Hall–Kier alpha value is -3.47. The van der Waals surface area contributed by atoms with Gasteiger partial charge in [-0.2, -0.15) is 0 Å². The zero-order valence-electron chi connectivity index (χ0n) is 16.1. The van der Waals surface area contributed by atoms with Crippen LogP contribution in [0.3, 0.4) is 0 Å². The van der Waals surface area contributed by atoms with Gasteiger partial charge in [-0.15, -0.1) is 0 Å². The summed E-state index contributed by atoms with van der Waals surface area (Å²) in [4.78, 5) is 31.5. The Balaban J connectivity index is 1.47. The summed E-state index contributed by atoms with van der Waals surface area (Å²) in [5.41, 5.74) is 2.86. The van der Waals surface area contributed by atoms with Gasteiger partial charge in [0.05, 0.1) is 24.2 Å². The Morgan fingerprint density at radius 3 is 2.17 bits per heavy atom. The topological polar surface area (TPSA) is 62.3 Å². The molecule has 1 aliphatic rings. The van der Waals surface area contributed by atoms with Gasteiger partial charge in [0, 0.05) is 19.2 Å². The van der Waals surface area contributed by atoms with Crippen molar-refractivity contribution < 1.29 is 9.59 Å². The van der Waals surface area contributed by atoms with E-state index in [1.807, 2.05) is 78.9 Å². The molecule has 1 unspecified atom stereocenters. The molecule has 2 heterocycles. The number of benzene rings is 2. The summed E-state index contributed by atoms with van der Waals surface area (Å²) in [6.07, 6.45) is 1.94. The molecule has 5 heteroatoms. The fourth-order valence-electron chi connectivity index (χ4n) is 3.70. The number of amides is 2. The van der Waals surface area contributed by atoms with Crippen LogP contribution in [0.4, 0.5) is 0 Å². The molecule has 146 valence electrons. The number of rotatable bonds is 6. The lowest BCUT2D eigenvalue weighted by atomic mass is 9.97. The van der Waals surface area contributed by atoms with Crippen molar-refractivity contribution in [2.24, 2.45) is 5.92 Å². The number of aromatic nitrogens is 1. The van der Waals surface area contributed by atoms with Crippen molar-refractivity contribution in [2.45, 2.75) is 19.0 Å². The van der Waals surface area contributed by atoms with E-state index in [0.717, 1.165) is 16.8 Å². The molecular weight excluding hydrogens is 362 g/mol. The minimum atomic E-state index is -0.360. The van der Waals surface area contributed by atoms with Crippen LogP contribution in [0.2, 0.25) is 0 Å². The predicted octanol–water partition coefficient (Wildman–Crippen LogP) is 3.34. The fourth-order valence-corrected chi connectivity index (χ4v) is 3.70. The maximum absolute atomic E-state index is 13.0. The lowest BCUT2D eigenvalue weighted by Crippen LogP contribution is -2.36. The van der Waals surface area contributed by atoms with Crippen molar-refractivity contribution in [1.29, 1.82) is 0 Å². The summed E-state index contributed by atoms with van der Waals surface area (Å²) in [5.74, 6) is -0.465. The second-order valence-corrected chi connectivity index (χ2v) is 7.26. The van der Waals surface area contributed by atoms with Gasteiger partial charge in [0.1, 0.15) is 0 Å². The molecule has 1 atom stereocenters. The summed E-state index contributed by atoms with van der Waals surface area (Å²) in [6.45, 7) is 0.849. The van der Waals surface area contributed by atoms with Crippen LogP contribution < -0.4 is 5.32 Å². The molecule has 0 aliphatic carbocycles. The first-order valence-corrected chi connectivity index (χ1v) is 9.78. The summed E-state index contributed by atoms with van der Waals surface area (Å²) in [5, 5.41) is 3.16. The number of carbonyl (C=O) groups is 2. The molecule has 4 rings (SSSR count). The van der Waals surface area contributed by atoms with Gasteiger partial charge in [-0.25, -0.2) is 0 Å². The molecule has 0 spiro atoms. The number of carbonyl (C=O) groups excluding carboxylic acids is 2. The normalized spacial score (nSPS) is 16.2. The molecule has 1 fully saturated rings. The van der Waals surface area contributed by atoms with Crippen molar-refractivity contribution in [2.75, 3.05) is 6.54 Å². The van der Waals surface area contributed by atoms with E-state index in [2.05, 4.69) is 10.3 Å². The Labute approximate surface area is 170 Å². The van der Waals surface area contributed by atoms with Crippen LogP contribution in [0.15, 0.2) is 85.1 Å². The standard InChI is InChI=1S/C24H23N3O2/c28-22-15-20(16-27(22)17-21-13-7-8-14-25-21)24(29)26-23(18-9-3-1-4-10-18)19-11-5-2-6-12-19/h1-14,20,23H,15-17H2,(H,26,29). The van der Waals surface area contributed by atoms with Crippen LogP contribution >= 0.6 is 0 Å². The minimum absolute atomic E-state index is 0.00762. The third-order valence-corrected chi connectivity index (χ3v) is 5.22. The van der Waals surface area contributed by atoms with E-state index in [9.17, 15) is 9.59 Å². The highest BCUT2D eigenvalue weighted by Crippen LogP contribution is 2.25. The smallest absolute Gasteiger partial charge is 0.226 e. The molecule has 1 aliphatic heterocycles. The van der Waals surface area contributed by atoms with Crippen LogP contribution in [0, 0.1) is 5.92 Å². The fraction of sp³-hybridized carbons (Fsp3) is 0.208. The van der Waals surface area contributed by atoms with Gasteiger partial charge >= 0.3 is 0 Å². The van der Waals surface area contributed by atoms with E-state index in [1.165, 1.54) is 0 Å². The zero-order valence-corrected chi connectivity index (χ0v) is 16.1. The third kappa shape index (κ3) is 4.51. The van der Waals surface area contributed by atoms with Crippen molar-refractivity contribution in [3.05, 3.63) is 102 Å². The molecule has 2 aromatic carbocycles. The first-order valence-electron chi connectivity index (χ1n) is 9.78. The average molecular weight is 385 g/mol. The van der Waals surface area contributed by atoms with Crippen LogP contribution in [-0.4, -0.2) is 28.2 Å². The number of nitrogens with zero attached hydrogens (tertiary/aromatic N) is 2. The van der Waals surface area contributed by atoms with E-state index < -0.39 is 0 Å². The van der Waals surface area contributed by atoms with Gasteiger partial charge < -0.3 is 10.2 Å². The average Bonchev–Trinajstić information content (AvgIpc) is 3.14. The Morgan fingerprint density at radius 1 is 0.966 bits per heavy atom. The quantitative estimate of drug-likeness (QED) is 0.708. The largest absolute Gasteiger partial charge is 0.345 e. The van der Waals surface area contributed by atoms with E-state index >= 15 is 0 Å². The Kier molecular flexibility index (Phi) is 5.66. The SMILES string of the molecule is O=C(NC(c1ccccc1)c1ccccc1)C1CC(=O)N(Cc2ccccn2)C1. The molecule has 0 saturated carbocycles. The first kappa shape index (κ1) is 18.9. The molecule has 29 heavy (non-hydrogen) atoms. The van der Waals surface area contributed by atoms with Crippen LogP contribution in [0.5, 0.6) is 0 Å². The van der Waals surface area contributed by atoms with E-state index in [-0.39, 0.29) is 30.2 Å². The highest BCUT2D eigenvalue weighted by atomic mass is 16.2. The molecular formula is C24H23N3O2. The molecule has 1 N–H and O–H groups in total. The highest BCUT2D eigenvalue weighted by Gasteiger charge is 2.35. The molecule has 0 bridgehead atoms. The summed E-state index contributed by atoms with van der Waals surface area (Å²) in [6, 6.07) is 25.2. The maximum Gasteiger partial charge on any atom is 0.226 e. The Morgan fingerprint density at radius 2 is 1.59 bits per heavy atom. The highest BCUT2D eigenvalue weighted by molar-refractivity contribution is 5.89. The molecule has 0 radical (unpaired) electrons. The third-order valence-electron chi connectivity index (χ3n) is 5.22. The molecule has 5 nitrogen and oxygen atoms in total. The molecule has 2 amide bonds. The van der Waals surface area contributed by atoms with Crippen molar-refractivity contribution in [3.63, 3.8) is 0 Å². The van der Waals surface area contributed by atoms with Gasteiger partial charge in [0.2, 0.25) is 11.8 Å². The van der Waals surface area contributed by atoms with Crippen LogP contribution in [0.25, 0.3) is 0 Å². The summed E-state index contributed by atoms with van der Waals surface area (Å²) in [7, 11) is 0. The summed E-state index contributed by atoms with van der Waals surface area (Å²) < 4.78 is 0. The first-order chi connectivity index (χ1) is 14.2. The molecule has 1 aromatic heterocycles. The predicted molar refractivity (Wildman–Crippen MR) is 111 cm³/mol. The number of hydrogen-bond acceptors (Lipinski definition) is 3. The second-order valence-electron chi connectivity index (χ2n) is 7.26. The van der Waals surface area contributed by atoms with Gasteiger partial charge in [-0.05, 0) is 23.3 Å². The Bertz CT molecular complexity index is 922. The van der Waals surface area contributed by atoms with E-state index in [0.29, 0.717) is 13.1 Å². The monoisotopic (exact) mass is 385 g/mol. The van der Waals surface area contributed by atoms with Crippen LogP contribution in [-0.2, 0) is 16.1 Å². The second kappa shape index (κ2) is 8.69. The van der Waals surface area contributed by atoms with Crippen molar-refractivity contribution >= 4 is 11.8 Å². The minimum Gasteiger partial charge on any atom is -0.345 e. The van der Waals surface area contributed by atoms with E-state index in [1.54, 1.807) is 11.1 Å². The lowest BCUT2D eigenvalue weighted by molar-refractivity contribution is -0.129. The van der Waals surface area contributed by atoms with Gasteiger partial charge in [0.25, 0.3) is 0 Å². The van der Waals surface area contributed by atoms with Gasteiger partial charge in [-0.1, -0.05) is 66.7 Å². The molecule has 3 aromatic rings. The van der Waals surface area contributed by atoms with E-state index in [4.69, 9.17) is 0 Å². The summed E-state index contributed by atoms with van der Waals surface area (Å²) >= 11 is 0.